The number of alkyl halides is 3. The zero-order valence-electron chi connectivity index (χ0n) is 23.8. The van der Waals surface area contributed by atoms with E-state index in [2.05, 4.69) is 15.3 Å². The number of hydrogen-bond donors (Lipinski definition) is 1. The van der Waals surface area contributed by atoms with Gasteiger partial charge in [0.2, 0.25) is 11.8 Å². The van der Waals surface area contributed by atoms with E-state index in [0.29, 0.717) is 37.5 Å². The number of fused-ring (bicyclic) bond motifs is 1. The molecular weight excluding hydrogens is 531 g/mol. The van der Waals surface area contributed by atoms with Crippen molar-refractivity contribution in [3.63, 3.8) is 0 Å². The summed E-state index contributed by atoms with van der Waals surface area (Å²) in [4.78, 5) is 37.4. The highest BCUT2D eigenvalue weighted by atomic mass is 19.4. The molecule has 3 aromatic rings. The molecule has 0 bridgehead atoms. The highest BCUT2D eigenvalue weighted by Gasteiger charge is 2.46. The van der Waals surface area contributed by atoms with Gasteiger partial charge >= 0.3 is 6.18 Å². The summed E-state index contributed by atoms with van der Waals surface area (Å²) >= 11 is 0. The van der Waals surface area contributed by atoms with Gasteiger partial charge in [0, 0.05) is 48.9 Å². The maximum absolute atomic E-state index is 14.3. The Morgan fingerprint density at radius 3 is 2.24 bits per heavy atom. The van der Waals surface area contributed by atoms with Crippen molar-refractivity contribution in [2.75, 3.05) is 25.5 Å². The molecule has 0 radical (unpaired) electrons. The Hall–Kier alpha value is -3.69. The summed E-state index contributed by atoms with van der Waals surface area (Å²) in [7, 11) is 1.22. The number of amides is 2. The Kier molecular flexibility index (Phi) is 7.70. The summed E-state index contributed by atoms with van der Waals surface area (Å²) in [6.07, 6.45) is 1.63. The second-order valence-corrected chi connectivity index (χ2v) is 12.2. The molecule has 2 aliphatic rings. The Morgan fingerprint density at radius 2 is 1.66 bits per heavy atom. The molecule has 2 aromatic heterocycles. The van der Waals surface area contributed by atoms with Gasteiger partial charge in [0.1, 0.15) is 0 Å². The lowest BCUT2D eigenvalue weighted by atomic mass is 9.90. The van der Waals surface area contributed by atoms with Gasteiger partial charge in [0.25, 0.3) is 0 Å². The van der Waals surface area contributed by atoms with Gasteiger partial charge < -0.3 is 15.1 Å². The maximum Gasteiger partial charge on any atom is 0.413 e. The van der Waals surface area contributed by atoms with Crippen LogP contribution >= 0.6 is 0 Å². The second kappa shape index (κ2) is 10.9. The molecular formula is C31H36F3N5O2. The fraction of sp³-hybridized carbons (Fsp3) is 0.484. The van der Waals surface area contributed by atoms with Gasteiger partial charge in [-0.2, -0.15) is 13.2 Å². The number of aromatic nitrogens is 2. The standard InChI is InChI=1S/C31H36F3N5O2/c1-30(2,3)29(41)39-16-13-21(14-17-39)28(40)38(4)27(31(32,33)34)20-9-11-22(12-10-20)37-24-18-36-23-6-5-15-35-26(23)25(24)19-7-8-19/h5-6,9-12,15,18-19,21,27,37H,7-8,13-14,16-17H2,1-4H3/t27-/m0/s1. The first kappa shape index (κ1) is 28.8. The normalized spacial score (nSPS) is 17.4. The van der Waals surface area contributed by atoms with E-state index in [1.807, 2.05) is 32.9 Å². The van der Waals surface area contributed by atoms with Gasteiger partial charge in [-0.05, 0) is 61.4 Å². The summed E-state index contributed by atoms with van der Waals surface area (Å²) in [6, 6.07) is 7.71. The molecule has 218 valence electrons. The number of pyridine rings is 2. The molecule has 7 nitrogen and oxygen atoms in total. The van der Waals surface area contributed by atoms with Crippen molar-refractivity contribution in [3.05, 3.63) is 59.9 Å². The Labute approximate surface area is 238 Å². The predicted molar refractivity (Wildman–Crippen MR) is 152 cm³/mol. The van der Waals surface area contributed by atoms with Crippen LogP contribution < -0.4 is 5.32 Å². The minimum Gasteiger partial charge on any atom is -0.354 e. The molecule has 0 spiro atoms. The number of anilines is 2. The number of likely N-dealkylation sites (tertiary alicyclic amines) is 1. The van der Waals surface area contributed by atoms with Gasteiger partial charge in [-0.3, -0.25) is 19.6 Å². The van der Waals surface area contributed by atoms with E-state index in [-0.39, 0.29) is 11.5 Å². The highest BCUT2D eigenvalue weighted by Crippen LogP contribution is 2.46. The van der Waals surface area contributed by atoms with E-state index in [4.69, 9.17) is 0 Å². The molecule has 1 aliphatic carbocycles. The maximum atomic E-state index is 14.3. The summed E-state index contributed by atoms with van der Waals surface area (Å²) < 4.78 is 43.0. The van der Waals surface area contributed by atoms with Crippen LogP contribution in [0.1, 0.15) is 69.5 Å². The molecule has 5 rings (SSSR count). The summed E-state index contributed by atoms with van der Waals surface area (Å²) in [5, 5.41) is 3.32. The quantitative estimate of drug-likeness (QED) is 0.363. The van der Waals surface area contributed by atoms with Crippen LogP contribution in [0.4, 0.5) is 24.5 Å². The Morgan fingerprint density at radius 1 is 1.00 bits per heavy atom. The van der Waals surface area contributed by atoms with Gasteiger partial charge in [0.05, 0.1) is 22.9 Å². The SMILES string of the molecule is CN(C(=O)C1CCN(C(=O)C(C)(C)C)CC1)[C@@H](c1ccc(Nc2cnc3cccnc3c2C2CC2)cc1)C(F)(F)F. The van der Waals surface area contributed by atoms with Gasteiger partial charge in [-0.15, -0.1) is 0 Å². The van der Waals surface area contributed by atoms with Gasteiger partial charge in [-0.1, -0.05) is 32.9 Å². The van der Waals surface area contributed by atoms with Crippen molar-refractivity contribution in [2.24, 2.45) is 11.3 Å². The minimum atomic E-state index is -4.66. The van der Waals surface area contributed by atoms with Crippen LogP contribution in [-0.2, 0) is 9.59 Å². The third-order valence-electron chi connectivity index (χ3n) is 7.97. The Bertz CT molecular complexity index is 1420. The van der Waals surface area contributed by atoms with E-state index in [0.717, 1.165) is 40.0 Å². The molecule has 1 atom stereocenters. The molecule has 2 amide bonds. The average Bonchev–Trinajstić information content (AvgIpc) is 3.77. The smallest absolute Gasteiger partial charge is 0.354 e. The average molecular weight is 568 g/mol. The molecule has 41 heavy (non-hydrogen) atoms. The van der Waals surface area contributed by atoms with Crippen LogP contribution in [0, 0.1) is 11.3 Å². The number of benzene rings is 1. The van der Waals surface area contributed by atoms with E-state index in [1.54, 1.807) is 29.4 Å². The molecule has 1 saturated heterocycles. The first-order valence-corrected chi connectivity index (χ1v) is 14.1. The van der Waals surface area contributed by atoms with Crippen molar-refractivity contribution in [1.29, 1.82) is 0 Å². The summed E-state index contributed by atoms with van der Waals surface area (Å²) in [5.74, 6) is -0.755. The van der Waals surface area contributed by atoms with Crippen molar-refractivity contribution >= 4 is 34.2 Å². The van der Waals surface area contributed by atoms with E-state index in [9.17, 15) is 22.8 Å². The molecule has 2 fully saturated rings. The lowest BCUT2D eigenvalue weighted by Gasteiger charge is -2.38. The molecule has 1 aliphatic heterocycles. The van der Waals surface area contributed by atoms with Crippen LogP contribution in [0.25, 0.3) is 11.0 Å². The van der Waals surface area contributed by atoms with Crippen molar-refractivity contribution < 1.29 is 22.8 Å². The van der Waals surface area contributed by atoms with Gasteiger partial charge in [-0.25, -0.2) is 0 Å². The monoisotopic (exact) mass is 567 g/mol. The van der Waals surface area contributed by atoms with Crippen molar-refractivity contribution in [3.8, 4) is 0 Å². The van der Waals surface area contributed by atoms with Crippen LogP contribution in [0.3, 0.4) is 0 Å². The first-order valence-electron chi connectivity index (χ1n) is 14.1. The fourth-order valence-corrected chi connectivity index (χ4v) is 5.68. The van der Waals surface area contributed by atoms with Crippen molar-refractivity contribution in [2.45, 2.75) is 64.6 Å². The number of carbonyl (C=O) groups is 2. The third kappa shape index (κ3) is 6.16. The predicted octanol–water partition coefficient (Wildman–Crippen LogP) is 6.60. The van der Waals surface area contributed by atoms with Crippen molar-refractivity contribution in [1.82, 2.24) is 19.8 Å². The van der Waals surface area contributed by atoms with Crippen LogP contribution in [0.5, 0.6) is 0 Å². The van der Waals surface area contributed by atoms with Gasteiger partial charge in [0.15, 0.2) is 6.04 Å². The van der Waals surface area contributed by atoms with E-state index < -0.39 is 29.5 Å². The summed E-state index contributed by atoms with van der Waals surface area (Å²) in [6.45, 7) is 6.21. The second-order valence-electron chi connectivity index (χ2n) is 12.2. The zero-order valence-corrected chi connectivity index (χ0v) is 23.8. The minimum absolute atomic E-state index is 0.0139. The number of halogens is 3. The lowest BCUT2D eigenvalue weighted by Crippen LogP contribution is -2.48. The first-order chi connectivity index (χ1) is 19.3. The van der Waals surface area contributed by atoms with E-state index >= 15 is 0 Å². The molecule has 0 unspecified atom stereocenters. The number of nitrogens with one attached hydrogen (secondary N) is 1. The molecule has 1 saturated carbocycles. The molecule has 1 aromatic carbocycles. The zero-order chi connectivity index (χ0) is 29.5. The molecule has 1 N–H and O–H groups in total. The number of carbonyl (C=O) groups excluding carboxylic acids is 2. The lowest BCUT2D eigenvalue weighted by molar-refractivity contribution is -0.191. The number of rotatable bonds is 6. The topological polar surface area (TPSA) is 78.4 Å². The number of nitrogens with zero attached hydrogens (tertiary/aromatic N) is 4. The Balaban J connectivity index is 1.31. The number of piperidine rings is 1. The summed E-state index contributed by atoms with van der Waals surface area (Å²) in [5.41, 5.74) is 3.58. The highest BCUT2D eigenvalue weighted by molar-refractivity contribution is 5.85. The van der Waals surface area contributed by atoms with Crippen LogP contribution in [0.15, 0.2) is 48.8 Å². The fourth-order valence-electron chi connectivity index (χ4n) is 5.68. The number of hydrogen-bond acceptors (Lipinski definition) is 5. The largest absolute Gasteiger partial charge is 0.413 e. The van der Waals surface area contributed by atoms with E-state index in [1.165, 1.54) is 19.2 Å². The molecule has 3 heterocycles. The van der Waals surface area contributed by atoms with Crippen LogP contribution in [-0.4, -0.2) is 57.9 Å². The third-order valence-corrected chi connectivity index (χ3v) is 7.97. The molecule has 10 heteroatoms. The van der Waals surface area contributed by atoms with Crippen LogP contribution in [0.2, 0.25) is 0 Å².